The van der Waals surface area contributed by atoms with Crippen molar-refractivity contribution in [3.8, 4) is 11.1 Å². The molecule has 180 valence electrons. The lowest BCUT2D eigenvalue weighted by atomic mass is 9.93. The first-order valence-corrected chi connectivity index (χ1v) is 11.7. The number of nitrogens with one attached hydrogen (secondary N) is 1. The van der Waals surface area contributed by atoms with Crippen LogP contribution in [0.5, 0.6) is 0 Å². The van der Waals surface area contributed by atoms with E-state index in [1.54, 1.807) is 24.6 Å². The molecule has 2 aromatic carbocycles. The maximum absolute atomic E-state index is 14.4. The molecule has 2 heterocycles. The summed E-state index contributed by atoms with van der Waals surface area (Å²) in [6.45, 7) is 1.99. The summed E-state index contributed by atoms with van der Waals surface area (Å²) in [6.07, 6.45) is 5.61. The molecule has 0 atom stereocenters. The standard InChI is InChI=1S/C27H26FN3O4/c1-16-25(15-35-30-16)18-2-7-24-19(12-18)8-9-31(27(24)34)14-17-10-20(13-21(28)11-17)26(33)29-22-3-5-23(32)6-4-22/h2,7-13,15,22-23,32H,3-6,14H2,1H3,(H,29,33)/t22-,23-. The van der Waals surface area contributed by atoms with E-state index in [1.165, 1.54) is 16.7 Å². The normalized spacial score (nSPS) is 18.0. The van der Waals surface area contributed by atoms with Gasteiger partial charge in [-0.15, -0.1) is 0 Å². The smallest absolute Gasteiger partial charge is 0.258 e. The van der Waals surface area contributed by atoms with Crippen molar-refractivity contribution in [3.63, 3.8) is 0 Å². The molecule has 1 saturated carbocycles. The Kier molecular flexibility index (Phi) is 6.21. The number of hydrogen-bond acceptors (Lipinski definition) is 5. The molecule has 7 nitrogen and oxygen atoms in total. The van der Waals surface area contributed by atoms with Crippen molar-refractivity contribution in [2.24, 2.45) is 0 Å². The summed E-state index contributed by atoms with van der Waals surface area (Å²) < 4.78 is 20.9. The van der Waals surface area contributed by atoms with Gasteiger partial charge in [0, 0.05) is 28.8 Å². The molecule has 2 aromatic heterocycles. The van der Waals surface area contributed by atoms with Crippen LogP contribution >= 0.6 is 0 Å². The topological polar surface area (TPSA) is 97.4 Å². The second-order valence-corrected chi connectivity index (χ2v) is 9.19. The number of rotatable bonds is 5. The van der Waals surface area contributed by atoms with E-state index in [4.69, 9.17) is 4.52 Å². The third-order valence-electron chi connectivity index (χ3n) is 6.64. The Hall–Kier alpha value is -3.78. The fourth-order valence-electron chi connectivity index (χ4n) is 4.71. The number of pyridine rings is 1. The van der Waals surface area contributed by atoms with Gasteiger partial charge in [0.2, 0.25) is 0 Å². The summed E-state index contributed by atoms with van der Waals surface area (Å²) in [7, 11) is 0. The van der Waals surface area contributed by atoms with Crippen LogP contribution in [0.3, 0.4) is 0 Å². The van der Waals surface area contributed by atoms with Gasteiger partial charge < -0.3 is 19.5 Å². The highest BCUT2D eigenvalue weighted by molar-refractivity contribution is 5.94. The molecular formula is C27H26FN3O4. The fourth-order valence-corrected chi connectivity index (χ4v) is 4.71. The lowest BCUT2D eigenvalue weighted by Crippen LogP contribution is -2.38. The number of carbonyl (C=O) groups is 1. The molecule has 0 spiro atoms. The first-order valence-electron chi connectivity index (χ1n) is 11.7. The molecule has 4 aromatic rings. The number of amides is 1. The van der Waals surface area contributed by atoms with E-state index in [0.717, 1.165) is 22.2 Å². The fraction of sp³-hybridized carbons (Fsp3) is 0.296. The average Bonchev–Trinajstić information content (AvgIpc) is 3.27. The number of aromatic nitrogens is 2. The van der Waals surface area contributed by atoms with Gasteiger partial charge in [-0.05, 0) is 85.5 Å². The summed E-state index contributed by atoms with van der Waals surface area (Å²) in [5.74, 6) is -0.885. The maximum atomic E-state index is 14.4. The van der Waals surface area contributed by atoms with Crippen LogP contribution in [0.2, 0.25) is 0 Å². The Morgan fingerprint density at radius 3 is 2.71 bits per heavy atom. The number of hydrogen-bond donors (Lipinski definition) is 2. The molecule has 1 aliphatic rings. The van der Waals surface area contributed by atoms with Crippen molar-refractivity contribution in [3.05, 3.63) is 87.9 Å². The molecular weight excluding hydrogens is 449 g/mol. The number of aryl methyl sites for hydroxylation is 1. The van der Waals surface area contributed by atoms with Crippen LogP contribution in [-0.2, 0) is 6.54 Å². The highest BCUT2D eigenvalue weighted by Gasteiger charge is 2.21. The molecule has 8 heteroatoms. The molecule has 0 unspecified atom stereocenters. The molecule has 5 rings (SSSR count). The zero-order valence-corrected chi connectivity index (χ0v) is 19.3. The number of nitrogens with zero attached hydrogens (tertiary/aromatic N) is 2. The number of benzene rings is 2. The monoisotopic (exact) mass is 475 g/mol. The lowest BCUT2D eigenvalue weighted by Gasteiger charge is -2.26. The van der Waals surface area contributed by atoms with E-state index in [0.29, 0.717) is 36.6 Å². The molecule has 1 fully saturated rings. The van der Waals surface area contributed by atoms with Crippen molar-refractivity contribution >= 4 is 16.7 Å². The second-order valence-electron chi connectivity index (χ2n) is 9.19. The van der Waals surface area contributed by atoms with Gasteiger partial charge in [0.25, 0.3) is 11.5 Å². The average molecular weight is 476 g/mol. The molecule has 0 saturated heterocycles. The third kappa shape index (κ3) is 4.88. The predicted octanol–water partition coefficient (Wildman–Crippen LogP) is 4.19. The number of halogens is 1. The second kappa shape index (κ2) is 9.46. The Morgan fingerprint density at radius 2 is 1.97 bits per heavy atom. The van der Waals surface area contributed by atoms with Gasteiger partial charge in [0.15, 0.2) is 0 Å². The summed E-state index contributed by atoms with van der Waals surface area (Å²) in [5, 5.41) is 17.8. The quantitative estimate of drug-likeness (QED) is 0.451. The molecule has 1 amide bonds. The van der Waals surface area contributed by atoms with Gasteiger partial charge in [0.1, 0.15) is 12.1 Å². The molecule has 0 aliphatic heterocycles. The first kappa shape index (κ1) is 23.0. The number of carbonyl (C=O) groups excluding carboxylic acids is 1. The third-order valence-corrected chi connectivity index (χ3v) is 6.64. The minimum Gasteiger partial charge on any atom is -0.393 e. The number of aliphatic hydroxyl groups excluding tert-OH is 1. The molecule has 1 aliphatic carbocycles. The van der Waals surface area contributed by atoms with Crippen molar-refractivity contribution in [2.45, 2.75) is 51.3 Å². The zero-order chi connectivity index (χ0) is 24.5. The Morgan fingerprint density at radius 1 is 1.17 bits per heavy atom. The predicted molar refractivity (Wildman–Crippen MR) is 130 cm³/mol. The van der Waals surface area contributed by atoms with Crippen LogP contribution in [0, 0.1) is 12.7 Å². The minimum absolute atomic E-state index is 0.0350. The lowest BCUT2D eigenvalue weighted by molar-refractivity contribution is 0.0867. The number of fused-ring (bicyclic) bond motifs is 1. The van der Waals surface area contributed by atoms with Gasteiger partial charge in [-0.3, -0.25) is 9.59 Å². The van der Waals surface area contributed by atoms with Crippen LogP contribution in [-0.4, -0.2) is 32.9 Å². The first-order chi connectivity index (χ1) is 16.9. The van der Waals surface area contributed by atoms with Crippen LogP contribution < -0.4 is 10.9 Å². The largest absolute Gasteiger partial charge is 0.393 e. The van der Waals surface area contributed by atoms with Crippen molar-refractivity contribution in [1.29, 1.82) is 0 Å². The molecule has 35 heavy (non-hydrogen) atoms. The molecule has 0 bridgehead atoms. The van der Waals surface area contributed by atoms with E-state index in [2.05, 4.69) is 10.5 Å². The maximum Gasteiger partial charge on any atom is 0.258 e. The van der Waals surface area contributed by atoms with Gasteiger partial charge in [0.05, 0.1) is 18.3 Å². The van der Waals surface area contributed by atoms with Crippen LogP contribution in [0.15, 0.2) is 64.2 Å². The zero-order valence-electron chi connectivity index (χ0n) is 19.3. The SMILES string of the molecule is Cc1nocc1-c1ccc2c(=O)n(Cc3cc(F)cc(C(=O)N[C@H]4CC[C@H](O)CC4)c3)ccc2c1. The van der Waals surface area contributed by atoms with Crippen molar-refractivity contribution in [1.82, 2.24) is 15.0 Å². The Balaban J connectivity index is 1.38. The van der Waals surface area contributed by atoms with Crippen LogP contribution in [0.25, 0.3) is 21.9 Å². The number of aliphatic hydroxyl groups is 1. The van der Waals surface area contributed by atoms with E-state index >= 15 is 0 Å². The summed E-state index contributed by atoms with van der Waals surface area (Å²) in [5.41, 5.74) is 3.07. The van der Waals surface area contributed by atoms with Gasteiger partial charge in [-0.1, -0.05) is 11.2 Å². The summed E-state index contributed by atoms with van der Waals surface area (Å²) in [4.78, 5) is 25.9. The van der Waals surface area contributed by atoms with E-state index < -0.39 is 5.82 Å². The van der Waals surface area contributed by atoms with Gasteiger partial charge in [-0.2, -0.15) is 0 Å². The van der Waals surface area contributed by atoms with Crippen LogP contribution in [0.1, 0.15) is 47.3 Å². The van der Waals surface area contributed by atoms with E-state index in [-0.39, 0.29) is 35.7 Å². The molecule has 2 N–H and O–H groups in total. The minimum atomic E-state index is -0.533. The van der Waals surface area contributed by atoms with Crippen molar-refractivity contribution in [2.75, 3.05) is 0 Å². The van der Waals surface area contributed by atoms with E-state index in [9.17, 15) is 19.1 Å². The molecule has 0 radical (unpaired) electrons. The summed E-state index contributed by atoms with van der Waals surface area (Å²) in [6, 6.07) is 11.5. The summed E-state index contributed by atoms with van der Waals surface area (Å²) >= 11 is 0. The van der Waals surface area contributed by atoms with Gasteiger partial charge >= 0.3 is 0 Å². The van der Waals surface area contributed by atoms with Gasteiger partial charge in [-0.25, -0.2) is 4.39 Å². The Labute approximate surface area is 201 Å². The van der Waals surface area contributed by atoms with E-state index in [1.807, 2.05) is 25.1 Å². The highest BCUT2D eigenvalue weighted by atomic mass is 19.1. The van der Waals surface area contributed by atoms with Crippen LogP contribution in [0.4, 0.5) is 4.39 Å². The highest BCUT2D eigenvalue weighted by Crippen LogP contribution is 2.25. The van der Waals surface area contributed by atoms with Crippen molar-refractivity contribution < 1.29 is 18.8 Å². The Bertz CT molecular complexity index is 1450.